The third-order valence-corrected chi connectivity index (χ3v) is 6.68. The molecule has 0 bridgehead atoms. The number of carboxylic acids is 1. The van der Waals surface area contributed by atoms with Crippen LogP contribution in [0.4, 0.5) is 10.6 Å². The molecular formula is C31H30N6O5. The number of nitrogens with one attached hydrogen (secondary N) is 3. The molecule has 0 spiro atoms. The summed E-state index contributed by atoms with van der Waals surface area (Å²) in [6.07, 6.45) is 1.32. The molecule has 0 aliphatic heterocycles. The molecule has 4 N–H and O–H groups in total. The Morgan fingerprint density at radius 1 is 0.976 bits per heavy atom. The second-order valence-electron chi connectivity index (χ2n) is 9.78. The first-order chi connectivity index (χ1) is 20.4. The van der Waals surface area contributed by atoms with Gasteiger partial charge in [0.15, 0.2) is 0 Å². The monoisotopic (exact) mass is 566 g/mol. The lowest BCUT2D eigenvalue weighted by Gasteiger charge is -2.17. The molecule has 11 heteroatoms. The van der Waals surface area contributed by atoms with Gasteiger partial charge in [-0.25, -0.2) is 19.4 Å². The van der Waals surface area contributed by atoms with E-state index in [1.807, 2.05) is 54.6 Å². The summed E-state index contributed by atoms with van der Waals surface area (Å²) in [7, 11) is 0. The average molecular weight is 567 g/mol. The molecule has 11 nitrogen and oxygen atoms in total. The fourth-order valence-corrected chi connectivity index (χ4v) is 4.44. The van der Waals surface area contributed by atoms with Crippen LogP contribution in [0.3, 0.4) is 0 Å². The number of benzene rings is 3. The summed E-state index contributed by atoms with van der Waals surface area (Å²) in [6, 6.07) is 23.6. The van der Waals surface area contributed by atoms with E-state index in [9.17, 15) is 19.5 Å². The molecule has 2 heterocycles. The maximum atomic E-state index is 12.7. The highest BCUT2D eigenvalue weighted by Gasteiger charge is 2.22. The third-order valence-electron chi connectivity index (χ3n) is 6.68. The van der Waals surface area contributed by atoms with E-state index in [1.54, 1.807) is 31.2 Å². The fraction of sp³-hybridized carbons (Fsp3) is 0.194. The lowest BCUT2D eigenvalue weighted by molar-refractivity contribution is -0.139. The molecule has 42 heavy (non-hydrogen) atoms. The molecule has 1 atom stereocenters. The lowest BCUT2D eigenvalue weighted by Crippen LogP contribution is -2.45. The molecular weight excluding hydrogens is 536 g/mol. The van der Waals surface area contributed by atoms with Crippen LogP contribution in [0.25, 0.3) is 22.4 Å². The molecule has 0 unspecified atom stereocenters. The van der Waals surface area contributed by atoms with E-state index in [2.05, 4.69) is 25.6 Å². The highest BCUT2D eigenvalue weighted by Crippen LogP contribution is 2.21. The topological polar surface area (TPSA) is 151 Å². The average Bonchev–Trinajstić information content (AvgIpc) is 3.43. The summed E-state index contributed by atoms with van der Waals surface area (Å²) in [5.74, 6) is -0.0762. The Labute approximate surface area is 241 Å². The molecule has 0 fully saturated rings. The summed E-state index contributed by atoms with van der Waals surface area (Å²) >= 11 is 0. The van der Waals surface area contributed by atoms with Gasteiger partial charge in [0.05, 0.1) is 17.6 Å². The van der Waals surface area contributed by atoms with E-state index in [-0.39, 0.29) is 13.2 Å². The van der Waals surface area contributed by atoms with E-state index in [4.69, 9.17) is 4.74 Å². The number of hydrogen-bond acceptors (Lipinski definition) is 7. The van der Waals surface area contributed by atoms with Crippen LogP contribution in [-0.4, -0.2) is 49.3 Å². The van der Waals surface area contributed by atoms with E-state index in [1.165, 1.54) is 6.20 Å². The summed E-state index contributed by atoms with van der Waals surface area (Å²) in [4.78, 5) is 48.7. The zero-order chi connectivity index (χ0) is 29.5. The molecule has 0 saturated heterocycles. The number of rotatable bonds is 11. The van der Waals surface area contributed by atoms with Crippen molar-refractivity contribution in [2.24, 2.45) is 0 Å². The number of alkyl carbamates (subject to hydrolysis) is 1. The van der Waals surface area contributed by atoms with Crippen molar-refractivity contribution >= 4 is 28.9 Å². The van der Waals surface area contributed by atoms with E-state index in [0.717, 1.165) is 38.1 Å². The number of para-hydroxylation sites is 2. The molecule has 1 amide bonds. The number of fused-ring (bicyclic) bond motifs is 1. The van der Waals surface area contributed by atoms with Crippen LogP contribution in [0, 0.1) is 6.92 Å². The van der Waals surface area contributed by atoms with Gasteiger partial charge < -0.3 is 25.5 Å². The number of carboxylic acid groups (broad SMARTS) is 1. The first kappa shape index (κ1) is 28.1. The number of imidazole rings is 1. The Balaban J connectivity index is 1.15. The van der Waals surface area contributed by atoms with Crippen LogP contribution < -0.4 is 16.3 Å². The molecule has 0 aliphatic carbocycles. The third kappa shape index (κ3) is 7.00. The van der Waals surface area contributed by atoms with Gasteiger partial charge in [-0.15, -0.1) is 0 Å². The number of H-pyrrole nitrogens is 1. The number of anilines is 1. The number of aromatic nitrogens is 4. The first-order valence-electron chi connectivity index (χ1n) is 13.4. The van der Waals surface area contributed by atoms with Crippen LogP contribution in [0.15, 0.2) is 89.9 Å². The number of nitrogens with zero attached hydrogens (tertiary/aromatic N) is 3. The van der Waals surface area contributed by atoms with Crippen molar-refractivity contribution in [1.29, 1.82) is 0 Å². The second-order valence-corrected chi connectivity index (χ2v) is 9.78. The Morgan fingerprint density at radius 2 is 1.71 bits per heavy atom. The SMILES string of the molecule is Cc1cn(C[C@H](NC(=O)OCc2ccccc2)C(=O)O)c(=O)nc1NCCc1ccc(-c2nc3ccccc3[nH]2)cc1. The van der Waals surface area contributed by atoms with Gasteiger partial charge in [0.1, 0.15) is 24.3 Å². The van der Waals surface area contributed by atoms with Crippen molar-refractivity contribution in [3.8, 4) is 11.4 Å². The molecule has 2 aromatic heterocycles. The number of aryl methyl sites for hydroxylation is 1. The Bertz CT molecular complexity index is 1710. The molecule has 3 aromatic carbocycles. The Kier molecular flexibility index (Phi) is 8.57. The van der Waals surface area contributed by atoms with Gasteiger partial charge in [-0.05, 0) is 36.6 Å². The van der Waals surface area contributed by atoms with Crippen LogP contribution in [0.2, 0.25) is 0 Å². The van der Waals surface area contributed by atoms with Crippen LogP contribution >= 0.6 is 0 Å². The van der Waals surface area contributed by atoms with Gasteiger partial charge in [-0.1, -0.05) is 66.7 Å². The minimum atomic E-state index is -1.38. The predicted octanol–water partition coefficient (Wildman–Crippen LogP) is 4.13. The Morgan fingerprint density at radius 3 is 2.45 bits per heavy atom. The number of aliphatic carboxylic acids is 1. The smallest absolute Gasteiger partial charge is 0.408 e. The quantitative estimate of drug-likeness (QED) is 0.186. The van der Waals surface area contributed by atoms with Gasteiger partial charge in [0, 0.05) is 23.9 Å². The number of aromatic amines is 1. The van der Waals surface area contributed by atoms with Crippen molar-refractivity contribution < 1.29 is 19.4 Å². The molecule has 5 rings (SSSR count). The second kappa shape index (κ2) is 12.8. The molecule has 214 valence electrons. The van der Waals surface area contributed by atoms with E-state index >= 15 is 0 Å². The first-order valence-corrected chi connectivity index (χ1v) is 13.4. The van der Waals surface area contributed by atoms with Gasteiger partial charge >= 0.3 is 17.8 Å². The highest BCUT2D eigenvalue weighted by molar-refractivity contribution is 5.80. The van der Waals surface area contributed by atoms with E-state index < -0.39 is 23.8 Å². The molecule has 0 radical (unpaired) electrons. The predicted molar refractivity (Wildman–Crippen MR) is 158 cm³/mol. The number of hydrogen-bond donors (Lipinski definition) is 4. The fourth-order valence-electron chi connectivity index (χ4n) is 4.44. The zero-order valence-electron chi connectivity index (χ0n) is 22.9. The summed E-state index contributed by atoms with van der Waals surface area (Å²) < 4.78 is 6.27. The molecule has 5 aromatic rings. The molecule has 0 aliphatic rings. The number of amides is 1. The lowest BCUT2D eigenvalue weighted by atomic mass is 10.1. The normalized spacial score (nSPS) is 11.6. The van der Waals surface area contributed by atoms with Crippen molar-refractivity contribution in [3.63, 3.8) is 0 Å². The maximum Gasteiger partial charge on any atom is 0.408 e. The zero-order valence-corrected chi connectivity index (χ0v) is 22.9. The van der Waals surface area contributed by atoms with Crippen molar-refractivity contribution in [2.75, 3.05) is 11.9 Å². The largest absolute Gasteiger partial charge is 0.480 e. The van der Waals surface area contributed by atoms with Gasteiger partial charge in [0.2, 0.25) is 0 Å². The summed E-state index contributed by atoms with van der Waals surface area (Å²) in [5.41, 5.74) is 4.78. The summed E-state index contributed by atoms with van der Waals surface area (Å²) in [6.45, 7) is 1.99. The van der Waals surface area contributed by atoms with Crippen LogP contribution in [0.5, 0.6) is 0 Å². The Hall–Kier alpha value is -5.45. The minimum absolute atomic E-state index is 0.00850. The summed E-state index contributed by atoms with van der Waals surface area (Å²) in [5, 5.41) is 15.1. The van der Waals surface area contributed by atoms with E-state index in [0.29, 0.717) is 24.3 Å². The van der Waals surface area contributed by atoms with Gasteiger partial charge in [-0.3, -0.25) is 4.57 Å². The maximum absolute atomic E-state index is 12.7. The van der Waals surface area contributed by atoms with Crippen molar-refractivity contribution in [1.82, 2.24) is 24.8 Å². The van der Waals surface area contributed by atoms with Gasteiger partial charge in [-0.2, -0.15) is 4.98 Å². The van der Waals surface area contributed by atoms with Crippen molar-refractivity contribution in [2.45, 2.75) is 32.5 Å². The van der Waals surface area contributed by atoms with Crippen LogP contribution in [0.1, 0.15) is 16.7 Å². The minimum Gasteiger partial charge on any atom is -0.480 e. The standard InChI is InChI=1S/C31H30N6O5/c1-20-17-37(18-26(29(38)39)35-31(41)42-19-22-7-3-2-4-8-22)30(40)36-27(20)32-16-15-21-11-13-23(14-12-21)28-33-24-9-5-6-10-25(24)34-28/h2-14,17,26H,15-16,18-19H2,1H3,(H,33,34)(H,35,41)(H,38,39)(H,32,36,40)/t26-/m0/s1. The highest BCUT2D eigenvalue weighted by atomic mass is 16.5. The number of carbonyl (C=O) groups is 2. The van der Waals surface area contributed by atoms with Crippen molar-refractivity contribution in [3.05, 3.63) is 112 Å². The van der Waals surface area contributed by atoms with Crippen LogP contribution in [-0.2, 0) is 29.1 Å². The van der Waals surface area contributed by atoms with Gasteiger partial charge in [0.25, 0.3) is 0 Å². The number of ether oxygens (including phenoxy) is 1. The number of carbonyl (C=O) groups excluding carboxylic acids is 1. The molecule has 0 saturated carbocycles.